The van der Waals surface area contributed by atoms with Crippen LogP contribution in [0.15, 0.2) is 61.1 Å². The molecule has 0 aliphatic carbocycles. The number of nitrogens with zero attached hydrogens (tertiary/aromatic N) is 3. The zero-order valence-electron chi connectivity index (χ0n) is 15.5. The Balaban J connectivity index is 1.65. The average Bonchev–Trinajstić information content (AvgIpc) is 3.09. The topological polar surface area (TPSA) is 59.8 Å². The molecule has 0 radical (unpaired) electrons. The maximum absolute atomic E-state index is 12.4. The first-order valence-corrected chi connectivity index (χ1v) is 8.77. The standard InChI is InChI=1S/C22H20N4O/c1-14-10-16(17-4-5-18-13-23-12-15(2)19(18)11-17)6-7-20(14)25-22(27)21-8-9-24-26(21)3/h4-13H,1-3H3,(H,25,27). The Morgan fingerprint density at radius 1 is 0.963 bits per heavy atom. The van der Waals surface area contributed by atoms with Crippen LogP contribution in [0.1, 0.15) is 21.6 Å². The average molecular weight is 356 g/mol. The van der Waals surface area contributed by atoms with E-state index in [0.717, 1.165) is 33.3 Å². The van der Waals surface area contributed by atoms with Gasteiger partial charge in [-0.25, -0.2) is 0 Å². The van der Waals surface area contributed by atoms with Gasteiger partial charge in [0.2, 0.25) is 0 Å². The number of carbonyl (C=O) groups excluding carboxylic acids is 1. The molecule has 0 aliphatic rings. The Bertz CT molecular complexity index is 1160. The molecule has 27 heavy (non-hydrogen) atoms. The molecule has 5 nitrogen and oxygen atoms in total. The number of hydrogen-bond acceptors (Lipinski definition) is 3. The Morgan fingerprint density at radius 2 is 1.74 bits per heavy atom. The van der Waals surface area contributed by atoms with Gasteiger partial charge in [-0.1, -0.05) is 18.2 Å². The first-order valence-electron chi connectivity index (χ1n) is 8.77. The van der Waals surface area contributed by atoms with Crippen molar-refractivity contribution < 1.29 is 4.79 Å². The Kier molecular flexibility index (Phi) is 4.20. The van der Waals surface area contributed by atoms with E-state index in [2.05, 4.69) is 46.6 Å². The van der Waals surface area contributed by atoms with Crippen molar-refractivity contribution in [3.05, 3.63) is 77.9 Å². The van der Waals surface area contributed by atoms with Gasteiger partial charge in [-0.2, -0.15) is 5.10 Å². The van der Waals surface area contributed by atoms with Crippen molar-refractivity contribution in [1.82, 2.24) is 14.8 Å². The van der Waals surface area contributed by atoms with Crippen molar-refractivity contribution in [3.63, 3.8) is 0 Å². The summed E-state index contributed by atoms with van der Waals surface area (Å²) in [6, 6.07) is 14.2. The zero-order chi connectivity index (χ0) is 19.0. The minimum atomic E-state index is -0.167. The highest BCUT2D eigenvalue weighted by atomic mass is 16.2. The predicted octanol–water partition coefficient (Wildman–Crippen LogP) is 4.50. The monoisotopic (exact) mass is 356 g/mol. The first kappa shape index (κ1) is 17.0. The van der Waals surface area contributed by atoms with Crippen molar-refractivity contribution >= 4 is 22.4 Å². The maximum Gasteiger partial charge on any atom is 0.273 e. The van der Waals surface area contributed by atoms with Gasteiger partial charge in [-0.15, -0.1) is 0 Å². The predicted molar refractivity (Wildman–Crippen MR) is 108 cm³/mol. The first-order chi connectivity index (χ1) is 13.0. The zero-order valence-corrected chi connectivity index (χ0v) is 15.5. The molecule has 0 saturated heterocycles. The molecule has 4 rings (SSSR count). The second-order valence-electron chi connectivity index (χ2n) is 6.72. The molecule has 134 valence electrons. The molecule has 0 spiro atoms. The summed E-state index contributed by atoms with van der Waals surface area (Å²) in [7, 11) is 1.75. The van der Waals surface area contributed by atoms with Crippen molar-refractivity contribution in [3.8, 4) is 11.1 Å². The number of benzene rings is 2. The molecule has 0 bridgehead atoms. The normalized spacial score (nSPS) is 10.9. The van der Waals surface area contributed by atoms with Crippen LogP contribution in [0.25, 0.3) is 21.9 Å². The Morgan fingerprint density at radius 3 is 2.48 bits per heavy atom. The molecule has 0 unspecified atom stereocenters. The molecular weight excluding hydrogens is 336 g/mol. The maximum atomic E-state index is 12.4. The van der Waals surface area contributed by atoms with Gasteiger partial charge in [0.25, 0.3) is 5.91 Å². The van der Waals surface area contributed by atoms with Crippen LogP contribution in [0.4, 0.5) is 5.69 Å². The lowest BCUT2D eigenvalue weighted by Crippen LogP contribution is -2.16. The number of aromatic nitrogens is 3. The van der Waals surface area contributed by atoms with E-state index in [-0.39, 0.29) is 5.91 Å². The minimum absolute atomic E-state index is 0.167. The molecular formula is C22H20N4O. The number of carbonyl (C=O) groups is 1. The molecule has 0 atom stereocenters. The van der Waals surface area contributed by atoms with Crippen LogP contribution in [0, 0.1) is 13.8 Å². The van der Waals surface area contributed by atoms with E-state index in [1.54, 1.807) is 24.0 Å². The van der Waals surface area contributed by atoms with E-state index >= 15 is 0 Å². The third-order valence-electron chi connectivity index (χ3n) is 4.82. The number of anilines is 1. The number of hydrogen-bond donors (Lipinski definition) is 1. The van der Waals surface area contributed by atoms with E-state index in [1.165, 1.54) is 5.39 Å². The third kappa shape index (κ3) is 3.19. The van der Waals surface area contributed by atoms with E-state index in [4.69, 9.17) is 0 Å². The molecule has 2 aromatic heterocycles. The van der Waals surface area contributed by atoms with Crippen molar-refractivity contribution in [2.75, 3.05) is 5.32 Å². The van der Waals surface area contributed by atoms with Gasteiger partial charge in [0.05, 0.1) is 0 Å². The van der Waals surface area contributed by atoms with Crippen molar-refractivity contribution in [2.45, 2.75) is 13.8 Å². The molecule has 0 saturated carbocycles. The molecule has 5 heteroatoms. The highest BCUT2D eigenvalue weighted by Crippen LogP contribution is 2.28. The molecule has 1 amide bonds. The lowest BCUT2D eigenvalue weighted by molar-refractivity contribution is 0.101. The number of rotatable bonds is 3. The van der Waals surface area contributed by atoms with Crippen LogP contribution >= 0.6 is 0 Å². The summed E-state index contributed by atoms with van der Waals surface area (Å²) in [6.07, 6.45) is 5.38. The van der Waals surface area contributed by atoms with Gasteiger partial charge in [0, 0.05) is 36.7 Å². The van der Waals surface area contributed by atoms with Crippen LogP contribution in [-0.2, 0) is 7.05 Å². The molecule has 1 N–H and O–H groups in total. The molecule has 4 aromatic rings. The van der Waals surface area contributed by atoms with Crippen LogP contribution in [-0.4, -0.2) is 20.7 Å². The summed E-state index contributed by atoms with van der Waals surface area (Å²) in [6.45, 7) is 4.07. The number of nitrogens with one attached hydrogen (secondary N) is 1. The van der Waals surface area contributed by atoms with E-state index in [0.29, 0.717) is 5.69 Å². The molecule has 0 fully saturated rings. The summed E-state index contributed by atoms with van der Waals surface area (Å²) in [4.78, 5) is 16.7. The highest BCUT2D eigenvalue weighted by molar-refractivity contribution is 6.03. The van der Waals surface area contributed by atoms with Gasteiger partial charge in [-0.05, 0) is 65.8 Å². The lowest BCUT2D eigenvalue weighted by atomic mass is 9.98. The van der Waals surface area contributed by atoms with Crippen LogP contribution in [0.5, 0.6) is 0 Å². The Labute approximate surface area is 157 Å². The van der Waals surface area contributed by atoms with Gasteiger partial charge in [0.15, 0.2) is 0 Å². The fraction of sp³-hybridized carbons (Fsp3) is 0.136. The summed E-state index contributed by atoms with van der Waals surface area (Å²) in [5, 5.41) is 9.34. The van der Waals surface area contributed by atoms with Gasteiger partial charge in [-0.3, -0.25) is 14.5 Å². The molecule has 0 aliphatic heterocycles. The second-order valence-corrected chi connectivity index (χ2v) is 6.72. The van der Waals surface area contributed by atoms with E-state index in [1.807, 2.05) is 31.5 Å². The van der Waals surface area contributed by atoms with Crippen LogP contribution in [0.3, 0.4) is 0 Å². The Hall–Kier alpha value is -3.47. The number of pyridine rings is 1. The van der Waals surface area contributed by atoms with Crippen LogP contribution < -0.4 is 5.32 Å². The summed E-state index contributed by atoms with van der Waals surface area (Å²) in [5.74, 6) is -0.167. The largest absolute Gasteiger partial charge is 0.320 e. The fourth-order valence-electron chi connectivity index (χ4n) is 3.26. The minimum Gasteiger partial charge on any atom is -0.320 e. The van der Waals surface area contributed by atoms with Crippen molar-refractivity contribution in [2.24, 2.45) is 7.05 Å². The van der Waals surface area contributed by atoms with Crippen LogP contribution in [0.2, 0.25) is 0 Å². The third-order valence-corrected chi connectivity index (χ3v) is 4.82. The smallest absolute Gasteiger partial charge is 0.273 e. The van der Waals surface area contributed by atoms with Crippen molar-refractivity contribution in [1.29, 1.82) is 0 Å². The second kappa shape index (κ2) is 6.68. The SMILES string of the molecule is Cc1cc(-c2ccc3cncc(C)c3c2)ccc1NC(=O)c1ccnn1C. The fourth-order valence-corrected chi connectivity index (χ4v) is 3.26. The van der Waals surface area contributed by atoms with Gasteiger partial charge in [0.1, 0.15) is 5.69 Å². The molecule has 2 heterocycles. The van der Waals surface area contributed by atoms with E-state index in [9.17, 15) is 4.79 Å². The highest BCUT2D eigenvalue weighted by Gasteiger charge is 2.12. The van der Waals surface area contributed by atoms with Gasteiger partial charge < -0.3 is 5.32 Å². The quantitative estimate of drug-likeness (QED) is 0.588. The number of fused-ring (bicyclic) bond motifs is 1. The summed E-state index contributed by atoms with van der Waals surface area (Å²) >= 11 is 0. The number of aryl methyl sites for hydroxylation is 3. The number of amides is 1. The van der Waals surface area contributed by atoms with Gasteiger partial charge >= 0.3 is 0 Å². The van der Waals surface area contributed by atoms with E-state index < -0.39 is 0 Å². The summed E-state index contributed by atoms with van der Waals surface area (Å²) < 4.78 is 1.56. The molecule has 2 aromatic carbocycles. The summed E-state index contributed by atoms with van der Waals surface area (Å²) in [5.41, 5.74) is 5.75. The lowest BCUT2D eigenvalue weighted by Gasteiger charge is -2.11.